The molecule has 2 heterocycles. The number of nitrogens with zero attached hydrogens (tertiary/aromatic N) is 5. The number of benzene rings is 2. The van der Waals surface area contributed by atoms with Gasteiger partial charge < -0.3 is 19.7 Å². The van der Waals surface area contributed by atoms with Crippen molar-refractivity contribution in [3.63, 3.8) is 0 Å². The third-order valence-electron chi connectivity index (χ3n) is 5.18. The molecule has 1 saturated heterocycles. The molecule has 2 aromatic carbocycles. The van der Waals surface area contributed by atoms with E-state index in [1.165, 1.54) is 11.8 Å². The zero-order valence-corrected chi connectivity index (χ0v) is 19.1. The fraction of sp³-hybridized carbons (Fsp3) is 0.273. The number of anilines is 2. The zero-order chi connectivity index (χ0) is 22.5. The molecular formula is C22H23ClN6O2S. The number of aromatic nitrogens is 3. The molecule has 166 valence electrons. The Morgan fingerprint density at radius 3 is 2.34 bits per heavy atom. The Labute approximate surface area is 195 Å². The fourth-order valence-electron chi connectivity index (χ4n) is 3.43. The first-order valence-electron chi connectivity index (χ1n) is 10.2. The maximum absolute atomic E-state index is 12.7. The van der Waals surface area contributed by atoms with Gasteiger partial charge in [-0.05, 0) is 48.5 Å². The second-order valence-electron chi connectivity index (χ2n) is 7.39. The number of thioether (sulfide) groups is 1. The molecule has 4 rings (SSSR count). The molecule has 1 aliphatic heterocycles. The highest BCUT2D eigenvalue weighted by atomic mass is 35.5. The first-order chi connectivity index (χ1) is 15.5. The first kappa shape index (κ1) is 22.2. The van der Waals surface area contributed by atoms with Gasteiger partial charge in [0.2, 0.25) is 5.91 Å². The van der Waals surface area contributed by atoms with Crippen LogP contribution in [-0.4, -0.2) is 63.4 Å². The maximum Gasteiger partial charge on any atom is 0.253 e. The summed E-state index contributed by atoms with van der Waals surface area (Å²) in [5, 5.41) is 12.0. The molecule has 0 saturated carbocycles. The Balaban J connectivity index is 1.26. The van der Waals surface area contributed by atoms with Crippen molar-refractivity contribution < 1.29 is 9.59 Å². The lowest BCUT2D eigenvalue weighted by molar-refractivity contribution is -0.113. The van der Waals surface area contributed by atoms with Crippen LogP contribution in [0.25, 0.3) is 0 Å². The molecular weight excluding hydrogens is 448 g/mol. The summed E-state index contributed by atoms with van der Waals surface area (Å²) in [6, 6.07) is 14.8. The summed E-state index contributed by atoms with van der Waals surface area (Å²) in [6.45, 7) is 2.80. The number of hydrogen-bond donors (Lipinski definition) is 1. The van der Waals surface area contributed by atoms with E-state index in [1.807, 2.05) is 36.2 Å². The number of rotatable bonds is 6. The Hall–Kier alpha value is -3.04. The molecule has 1 N–H and O–H groups in total. The minimum atomic E-state index is -0.0972. The van der Waals surface area contributed by atoms with E-state index in [-0.39, 0.29) is 17.6 Å². The molecule has 0 unspecified atom stereocenters. The van der Waals surface area contributed by atoms with Gasteiger partial charge in [-0.15, -0.1) is 10.2 Å². The quantitative estimate of drug-likeness (QED) is 0.557. The number of hydrogen-bond acceptors (Lipinski definition) is 6. The predicted octanol–water partition coefficient (Wildman–Crippen LogP) is 3.16. The highest BCUT2D eigenvalue weighted by Crippen LogP contribution is 2.21. The van der Waals surface area contributed by atoms with E-state index >= 15 is 0 Å². The van der Waals surface area contributed by atoms with Crippen molar-refractivity contribution in [1.82, 2.24) is 19.7 Å². The monoisotopic (exact) mass is 470 g/mol. The van der Waals surface area contributed by atoms with Crippen LogP contribution in [0, 0.1) is 0 Å². The summed E-state index contributed by atoms with van der Waals surface area (Å²) in [4.78, 5) is 29.0. The number of carbonyl (C=O) groups is 2. The van der Waals surface area contributed by atoms with Crippen molar-refractivity contribution in [3.8, 4) is 0 Å². The summed E-state index contributed by atoms with van der Waals surface area (Å²) >= 11 is 7.25. The highest BCUT2D eigenvalue weighted by molar-refractivity contribution is 7.99. The Bertz CT molecular complexity index is 1080. The van der Waals surface area contributed by atoms with Crippen LogP contribution in [0.15, 0.2) is 60.0 Å². The molecule has 8 nitrogen and oxygen atoms in total. The van der Waals surface area contributed by atoms with Crippen molar-refractivity contribution in [2.24, 2.45) is 7.05 Å². The van der Waals surface area contributed by atoms with Crippen LogP contribution in [-0.2, 0) is 11.8 Å². The standard InChI is InChI=1S/C22H23ClN6O2S/c1-27-15-24-26-22(27)32-14-20(30)25-18-6-8-19(9-7-18)28-10-12-29(13-11-28)21(31)16-2-4-17(23)5-3-16/h2-9,15H,10-14H2,1H3,(H,25,30). The summed E-state index contributed by atoms with van der Waals surface area (Å²) in [5.41, 5.74) is 2.46. The van der Waals surface area contributed by atoms with Gasteiger partial charge in [-0.2, -0.15) is 0 Å². The van der Waals surface area contributed by atoms with Gasteiger partial charge >= 0.3 is 0 Å². The minimum absolute atomic E-state index is 0.0265. The molecule has 0 atom stereocenters. The van der Waals surface area contributed by atoms with Crippen molar-refractivity contribution in [2.45, 2.75) is 5.16 Å². The van der Waals surface area contributed by atoms with Gasteiger partial charge in [-0.3, -0.25) is 9.59 Å². The number of halogens is 1. The van der Waals surface area contributed by atoms with E-state index in [2.05, 4.69) is 20.4 Å². The van der Waals surface area contributed by atoms with E-state index in [0.717, 1.165) is 24.5 Å². The molecule has 1 fully saturated rings. The molecule has 3 aromatic rings. The van der Waals surface area contributed by atoms with Crippen LogP contribution < -0.4 is 10.2 Å². The first-order valence-corrected chi connectivity index (χ1v) is 11.5. The third-order valence-corrected chi connectivity index (χ3v) is 6.46. The van der Waals surface area contributed by atoms with E-state index in [1.54, 1.807) is 35.2 Å². The summed E-state index contributed by atoms with van der Waals surface area (Å²) in [6.07, 6.45) is 1.60. The van der Waals surface area contributed by atoms with E-state index in [4.69, 9.17) is 11.6 Å². The Morgan fingerprint density at radius 1 is 1.03 bits per heavy atom. The second-order valence-corrected chi connectivity index (χ2v) is 8.77. The van der Waals surface area contributed by atoms with Crippen molar-refractivity contribution in [2.75, 3.05) is 42.1 Å². The lowest BCUT2D eigenvalue weighted by Gasteiger charge is -2.36. The molecule has 1 aliphatic rings. The van der Waals surface area contributed by atoms with Crippen LogP contribution in [0.5, 0.6) is 0 Å². The molecule has 10 heteroatoms. The van der Waals surface area contributed by atoms with E-state index in [0.29, 0.717) is 28.8 Å². The molecule has 0 spiro atoms. The van der Waals surface area contributed by atoms with Crippen molar-refractivity contribution >= 4 is 46.6 Å². The summed E-state index contributed by atoms with van der Waals surface area (Å²) in [7, 11) is 1.84. The van der Waals surface area contributed by atoms with E-state index in [9.17, 15) is 9.59 Å². The van der Waals surface area contributed by atoms with Gasteiger partial charge in [0, 0.05) is 55.2 Å². The Morgan fingerprint density at radius 2 is 1.72 bits per heavy atom. The normalized spacial score (nSPS) is 13.8. The number of aryl methyl sites for hydroxylation is 1. The van der Waals surface area contributed by atoms with Gasteiger partial charge in [0.1, 0.15) is 6.33 Å². The molecule has 2 amide bonds. The lowest BCUT2D eigenvalue weighted by Crippen LogP contribution is -2.48. The number of piperazine rings is 1. The maximum atomic E-state index is 12.7. The van der Waals surface area contributed by atoms with Gasteiger partial charge in [0.15, 0.2) is 5.16 Å². The van der Waals surface area contributed by atoms with Crippen molar-refractivity contribution in [1.29, 1.82) is 0 Å². The number of nitrogens with one attached hydrogen (secondary N) is 1. The largest absolute Gasteiger partial charge is 0.368 e. The van der Waals surface area contributed by atoms with Crippen LogP contribution in [0.1, 0.15) is 10.4 Å². The van der Waals surface area contributed by atoms with Gasteiger partial charge in [-0.25, -0.2) is 0 Å². The summed E-state index contributed by atoms with van der Waals surface area (Å²) in [5.74, 6) is 0.191. The minimum Gasteiger partial charge on any atom is -0.368 e. The molecule has 0 bridgehead atoms. The van der Waals surface area contributed by atoms with Crippen LogP contribution in [0.2, 0.25) is 5.02 Å². The molecule has 0 aliphatic carbocycles. The molecule has 1 aromatic heterocycles. The van der Waals surface area contributed by atoms with Gasteiger partial charge in [0.25, 0.3) is 5.91 Å². The SMILES string of the molecule is Cn1cnnc1SCC(=O)Nc1ccc(N2CCN(C(=O)c3ccc(Cl)cc3)CC2)cc1. The van der Waals surface area contributed by atoms with Crippen molar-refractivity contribution in [3.05, 3.63) is 65.4 Å². The smallest absolute Gasteiger partial charge is 0.253 e. The highest BCUT2D eigenvalue weighted by Gasteiger charge is 2.22. The molecule has 32 heavy (non-hydrogen) atoms. The van der Waals surface area contributed by atoms with Gasteiger partial charge in [-0.1, -0.05) is 23.4 Å². The number of amides is 2. The topological polar surface area (TPSA) is 83.4 Å². The van der Waals surface area contributed by atoms with Gasteiger partial charge in [0.05, 0.1) is 5.75 Å². The van der Waals surface area contributed by atoms with Crippen LogP contribution in [0.4, 0.5) is 11.4 Å². The third kappa shape index (κ3) is 5.41. The lowest BCUT2D eigenvalue weighted by atomic mass is 10.1. The summed E-state index contributed by atoms with van der Waals surface area (Å²) < 4.78 is 1.77. The number of carbonyl (C=O) groups excluding carboxylic acids is 2. The zero-order valence-electron chi connectivity index (χ0n) is 17.6. The second kappa shape index (κ2) is 10.1. The Kier molecular flexibility index (Phi) is 6.96. The average Bonchev–Trinajstić information content (AvgIpc) is 3.23. The van der Waals surface area contributed by atoms with Crippen LogP contribution in [0.3, 0.4) is 0 Å². The van der Waals surface area contributed by atoms with E-state index < -0.39 is 0 Å². The van der Waals surface area contributed by atoms with Crippen LogP contribution >= 0.6 is 23.4 Å². The average molecular weight is 471 g/mol. The predicted molar refractivity (Wildman–Crippen MR) is 126 cm³/mol. The molecule has 0 radical (unpaired) electrons. The fourth-order valence-corrected chi connectivity index (χ4v) is 4.24.